The Labute approximate surface area is 96.5 Å². The molecule has 0 amide bonds. The van der Waals surface area contributed by atoms with Crippen molar-refractivity contribution < 1.29 is 18.7 Å². The van der Waals surface area contributed by atoms with Gasteiger partial charge in [0.05, 0.1) is 0 Å². The molecule has 0 saturated carbocycles. The summed E-state index contributed by atoms with van der Waals surface area (Å²) < 4.78 is 18.7. The summed E-state index contributed by atoms with van der Waals surface area (Å²) >= 11 is 0. The third-order valence-corrected chi connectivity index (χ3v) is 2.60. The summed E-state index contributed by atoms with van der Waals surface area (Å²) in [6.45, 7) is 1.49. The van der Waals surface area contributed by atoms with Gasteiger partial charge in [-0.05, 0) is 19.1 Å². The fraction of sp³-hybridized carbons (Fsp3) is 0.273. The molecule has 1 unspecified atom stereocenters. The topological polar surface area (TPSA) is 66.6 Å². The predicted octanol–water partition coefficient (Wildman–Crippen LogP) is 1.88. The molecule has 2 rings (SSSR count). The van der Waals surface area contributed by atoms with Crippen LogP contribution in [0.4, 0.5) is 10.4 Å². The van der Waals surface area contributed by atoms with Crippen LogP contribution < -0.4 is 4.90 Å². The number of hydrogen-bond donors (Lipinski definition) is 1. The number of aliphatic carboxylic acids is 1. The summed E-state index contributed by atoms with van der Waals surface area (Å²) in [4.78, 5) is 16.1. The molecule has 0 fully saturated rings. The van der Waals surface area contributed by atoms with Gasteiger partial charge in [-0.25, -0.2) is 9.18 Å². The highest BCUT2D eigenvalue weighted by Crippen LogP contribution is 2.24. The number of likely N-dealkylation sites (N-methyl/N-ethyl adjacent to an activating group) is 1. The van der Waals surface area contributed by atoms with E-state index in [1.165, 1.54) is 31.0 Å². The molecule has 1 heterocycles. The van der Waals surface area contributed by atoms with Crippen molar-refractivity contribution in [2.45, 2.75) is 13.0 Å². The van der Waals surface area contributed by atoms with E-state index in [1.807, 2.05) is 0 Å². The molecule has 90 valence electrons. The van der Waals surface area contributed by atoms with E-state index in [0.29, 0.717) is 5.58 Å². The lowest BCUT2D eigenvalue weighted by molar-refractivity contribution is -0.138. The van der Waals surface area contributed by atoms with Crippen molar-refractivity contribution >= 4 is 23.1 Å². The number of halogens is 1. The second-order valence-electron chi connectivity index (χ2n) is 3.71. The number of anilines is 1. The normalized spacial score (nSPS) is 12.6. The monoisotopic (exact) mass is 238 g/mol. The molecule has 17 heavy (non-hydrogen) atoms. The molecule has 0 aliphatic carbocycles. The number of carboxylic acids is 1. The quantitative estimate of drug-likeness (QED) is 0.884. The fourth-order valence-corrected chi connectivity index (χ4v) is 1.39. The lowest BCUT2D eigenvalue weighted by Gasteiger charge is -2.18. The first-order chi connectivity index (χ1) is 8.00. The van der Waals surface area contributed by atoms with Crippen LogP contribution in [0.2, 0.25) is 0 Å². The Balaban J connectivity index is 2.43. The van der Waals surface area contributed by atoms with E-state index in [0.717, 1.165) is 0 Å². The van der Waals surface area contributed by atoms with E-state index in [1.54, 1.807) is 6.07 Å². The van der Waals surface area contributed by atoms with E-state index >= 15 is 0 Å². The first-order valence-corrected chi connectivity index (χ1v) is 5.01. The largest absolute Gasteiger partial charge is 0.480 e. The molecule has 0 spiro atoms. The zero-order valence-electron chi connectivity index (χ0n) is 9.35. The van der Waals surface area contributed by atoms with Gasteiger partial charge >= 0.3 is 5.97 Å². The van der Waals surface area contributed by atoms with Crippen LogP contribution in [-0.2, 0) is 4.79 Å². The minimum Gasteiger partial charge on any atom is -0.480 e. The molecule has 1 aromatic heterocycles. The van der Waals surface area contributed by atoms with Crippen LogP contribution in [0.15, 0.2) is 22.6 Å². The van der Waals surface area contributed by atoms with Gasteiger partial charge in [0.15, 0.2) is 11.4 Å². The average Bonchev–Trinajstić information content (AvgIpc) is 2.72. The zero-order chi connectivity index (χ0) is 12.6. The number of oxazole rings is 1. The number of carboxylic acid groups (broad SMARTS) is 1. The summed E-state index contributed by atoms with van der Waals surface area (Å²) in [5, 5.41) is 8.86. The van der Waals surface area contributed by atoms with Crippen LogP contribution in [0.1, 0.15) is 6.92 Å². The van der Waals surface area contributed by atoms with Gasteiger partial charge in [0.25, 0.3) is 6.01 Å². The van der Waals surface area contributed by atoms with Crippen LogP contribution >= 0.6 is 0 Å². The molecule has 1 atom stereocenters. The first kappa shape index (κ1) is 11.4. The summed E-state index contributed by atoms with van der Waals surface area (Å²) in [5.74, 6) is -1.50. The number of nitrogens with zero attached hydrogens (tertiary/aromatic N) is 2. The lowest BCUT2D eigenvalue weighted by atomic mass is 10.3. The Kier molecular flexibility index (Phi) is 2.71. The third-order valence-electron chi connectivity index (χ3n) is 2.60. The minimum atomic E-state index is -1.00. The highest BCUT2D eigenvalue weighted by Gasteiger charge is 2.22. The van der Waals surface area contributed by atoms with Crippen molar-refractivity contribution in [3.63, 3.8) is 0 Å². The molecular formula is C11H11FN2O3. The maximum Gasteiger partial charge on any atom is 0.326 e. The molecule has 0 radical (unpaired) electrons. The zero-order valence-corrected chi connectivity index (χ0v) is 9.35. The number of benzene rings is 1. The Morgan fingerprint density at radius 1 is 1.59 bits per heavy atom. The van der Waals surface area contributed by atoms with Crippen molar-refractivity contribution in [3.05, 3.63) is 24.0 Å². The molecule has 5 nitrogen and oxygen atoms in total. The molecule has 0 aliphatic heterocycles. The Morgan fingerprint density at radius 2 is 2.29 bits per heavy atom. The van der Waals surface area contributed by atoms with Crippen molar-refractivity contribution in [2.24, 2.45) is 0 Å². The second-order valence-corrected chi connectivity index (χ2v) is 3.71. The predicted molar refractivity (Wildman–Crippen MR) is 59.5 cm³/mol. The van der Waals surface area contributed by atoms with E-state index in [4.69, 9.17) is 9.52 Å². The highest BCUT2D eigenvalue weighted by atomic mass is 19.1. The van der Waals surface area contributed by atoms with Gasteiger partial charge in [0, 0.05) is 7.05 Å². The SMILES string of the molecule is CC(C(=O)O)N(C)c1nc2c(F)cccc2o1. The number of carbonyl (C=O) groups is 1. The average molecular weight is 238 g/mol. The van der Waals surface area contributed by atoms with E-state index < -0.39 is 17.8 Å². The van der Waals surface area contributed by atoms with Crippen molar-refractivity contribution in [2.75, 3.05) is 11.9 Å². The number of aromatic nitrogens is 1. The number of para-hydroxylation sites is 1. The number of rotatable bonds is 3. The third kappa shape index (κ3) is 1.93. The van der Waals surface area contributed by atoms with Gasteiger partial charge in [0.1, 0.15) is 11.6 Å². The van der Waals surface area contributed by atoms with Crippen LogP contribution in [0, 0.1) is 5.82 Å². The van der Waals surface area contributed by atoms with Crippen LogP contribution in [0.25, 0.3) is 11.1 Å². The molecule has 1 aromatic carbocycles. The van der Waals surface area contributed by atoms with Crippen LogP contribution in [0.3, 0.4) is 0 Å². The van der Waals surface area contributed by atoms with Crippen LogP contribution in [-0.4, -0.2) is 29.1 Å². The van der Waals surface area contributed by atoms with Gasteiger partial charge in [0.2, 0.25) is 0 Å². The molecule has 2 aromatic rings. The van der Waals surface area contributed by atoms with Crippen molar-refractivity contribution in [1.82, 2.24) is 4.98 Å². The molecule has 1 N–H and O–H groups in total. The Morgan fingerprint density at radius 3 is 2.88 bits per heavy atom. The van der Waals surface area contributed by atoms with Gasteiger partial charge in [-0.1, -0.05) is 6.07 Å². The van der Waals surface area contributed by atoms with Crippen molar-refractivity contribution in [1.29, 1.82) is 0 Å². The van der Waals surface area contributed by atoms with Gasteiger partial charge < -0.3 is 14.4 Å². The maximum absolute atomic E-state index is 13.4. The van der Waals surface area contributed by atoms with Gasteiger partial charge in [-0.3, -0.25) is 0 Å². The first-order valence-electron chi connectivity index (χ1n) is 5.01. The highest BCUT2D eigenvalue weighted by molar-refractivity contribution is 5.79. The Bertz CT molecular complexity index is 567. The molecule has 0 aliphatic rings. The fourth-order valence-electron chi connectivity index (χ4n) is 1.39. The van der Waals surface area contributed by atoms with Crippen molar-refractivity contribution in [3.8, 4) is 0 Å². The lowest BCUT2D eigenvalue weighted by Crippen LogP contribution is -2.35. The van der Waals surface area contributed by atoms with Gasteiger partial charge in [-0.15, -0.1) is 0 Å². The molecule has 0 bridgehead atoms. The number of fused-ring (bicyclic) bond motifs is 1. The smallest absolute Gasteiger partial charge is 0.326 e. The maximum atomic E-state index is 13.4. The summed E-state index contributed by atoms with van der Waals surface area (Å²) in [6.07, 6.45) is 0. The summed E-state index contributed by atoms with van der Waals surface area (Å²) in [6, 6.07) is 3.64. The molecular weight excluding hydrogens is 227 g/mol. The van der Waals surface area contributed by atoms with E-state index in [9.17, 15) is 9.18 Å². The molecule has 6 heteroatoms. The minimum absolute atomic E-state index is 0.0833. The van der Waals surface area contributed by atoms with E-state index in [2.05, 4.69) is 4.98 Å². The molecule has 0 saturated heterocycles. The number of hydrogen-bond acceptors (Lipinski definition) is 4. The summed E-state index contributed by atoms with van der Waals surface area (Å²) in [7, 11) is 1.53. The Hall–Kier alpha value is -2.11. The van der Waals surface area contributed by atoms with Crippen LogP contribution in [0.5, 0.6) is 0 Å². The second kappa shape index (κ2) is 4.04. The summed E-state index contributed by atoms with van der Waals surface area (Å²) in [5.41, 5.74) is 0.399. The van der Waals surface area contributed by atoms with E-state index in [-0.39, 0.29) is 11.5 Å². The standard InChI is InChI=1S/C11H11FN2O3/c1-6(10(15)16)14(2)11-13-9-7(12)4-3-5-8(9)17-11/h3-6H,1-2H3,(H,15,16). The van der Waals surface area contributed by atoms with Gasteiger partial charge in [-0.2, -0.15) is 4.98 Å².